The third-order valence-electron chi connectivity index (χ3n) is 15.9. The number of likely N-dealkylation sites (N-methyl/N-ethyl adjacent to an activating group) is 2. The molecular weight excluding hydrogens is 1100 g/mol. The van der Waals surface area contributed by atoms with E-state index in [1.807, 2.05) is 43.3 Å². The molecule has 0 bridgehead atoms. The number of hydrogen-bond donors (Lipinski definition) is 8. The van der Waals surface area contributed by atoms with Crippen LogP contribution in [0.2, 0.25) is 0 Å². The maximum Gasteiger partial charge on any atom is 0.251 e. The Bertz CT molecular complexity index is 3070. The molecule has 0 aromatic heterocycles. The standard InChI is InChI=1S/C63H74N10O8.2ClH/c1-5-49(65-4)59(77)71-53(63(81)73-39-46(67-58(76)44-26-12-9-13-27-44)37-55(73)61(79)69-51-35-21-29-42-23-17-19-31-48(42)51)33-15-7-6-14-32-52(70-56(74)40(2)64-3)62(80)72-38-45(66-57(75)43-24-10-8-11-25-43)36-54(72)60(78)68-50-34-20-28-41-22-16-18-30-47(41)50;;/h8-13,16-19,22-27,30-31,40,45-46,49-55,64-65H,5,20-21,28-29,32-39H2,1-4H3,(H,66,75)(H,67,76)(H,68,78)(H,69,79)(H,70,74)(H,71,77);2*1H/t40-,45-,46-,49-,50?,51+,52-,53-,54-,55-;;/m0../s1. The van der Waals surface area contributed by atoms with Gasteiger partial charge in [-0.2, -0.15) is 0 Å². The number of halogens is 2. The number of benzene rings is 4. The van der Waals surface area contributed by atoms with Gasteiger partial charge in [0.05, 0.1) is 24.2 Å². The first-order valence-corrected chi connectivity index (χ1v) is 28.3. The van der Waals surface area contributed by atoms with Crippen molar-refractivity contribution >= 4 is 72.1 Å². The highest BCUT2D eigenvalue weighted by atomic mass is 35.5. The number of fused-ring (bicyclic) bond motifs is 2. The van der Waals surface area contributed by atoms with Crippen molar-refractivity contribution in [1.82, 2.24) is 52.3 Å². The van der Waals surface area contributed by atoms with Crippen molar-refractivity contribution in [3.8, 4) is 23.7 Å². The highest BCUT2D eigenvalue weighted by Crippen LogP contribution is 2.32. The summed E-state index contributed by atoms with van der Waals surface area (Å²) < 4.78 is 0. The van der Waals surface area contributed by atoms with Gasteiger partial charge in [-0.1, -0.05) is 104 Å². The van der Waals surface area contributed by atoms with Crippen LogP contribution in [0.5, 0.6) is 0 Å². The Balaban J connectivity index is 0.00000553. The predicted molar refractivity (Wildman–Crippen MR) is 321 cm³/mol. The Morgan fingerprint density at radius 3 is 1.35 bits per heavy atom. The molecule has 2 aliphatic heterocycles. The Morgan fingerprint density at radius 2 is 0.940 bits per heavy atom. The largest absolute Gasteiger partial charge is 0.347 e. The first-order valence-electron chi connectivity index (χ1n) is 28.3. The summed E-state index contributed by atoms with van der Waals surface area (Å²) in [6.45, 7) is 3.44. The number of carbonyl (C=O) groups is 8. The Kier molecular flexibility index (Phi) is 24.1. The van der Waals surface area contributed by atoms with E-state index in [0.29, 0.717) is 30.4 Å². The van der Waals surface area contributed by atoms with E-state index in [4.69, 9.17) is 0 Å². The highest BCUT2D eigenvalue weighted by molar-refractivity contribution is 5.98. The molecule has 2 heterocycles. The van der Waals surface area contributed by atoms with Crippen LogP contribution < -0.4 is 42.5 Å². The second-order valence-electron chi connectivity index (χ2n) is 21.3. The van der Waals surface area contributed by atoms with E-state index in [2.05, 4.69) is 78.3 Å². The number of aryl methyl sites for hydroxylation is 2. The van der Waals surface area contributed by atoms with Gasteiger partial charge in [0.2, 0.25) is 35.4 Å². The molecule has 10 atom stereocenters. The van der Waals surface area contributed by atoms with Gasteiger partial charge in [-0.15, -0.1) is 24.8 Å². The zero-order valence-corrected chi connectivity index (χ0v) is 49.0. The van der Waals surface area contributed by atoms with Crippen LogP contribution in [-0.4, -0.2) is 133 Å². The van der Waals surface area contributed by atoms with E-state index in [-0.39, 0.29) is 99.3 Å². The molecule has 2 fully saturated rings. The Labute approximate surface area is 498 Å². The summed E-state index contributed by atoms with van der Waals surface area (Å²) >= 11 is 0. The highest BCUT2D eigenvalue weighted by Gasteiger charge is 2.45. The zero-order chi connectivity index (χ0) is 57.4. The number of rotatable bonds is 19. The molecule has 2 aliphatic carbocycles. The lowest BCUT2D eigenvalue weighted by atomic mass is 9.87. The maximum atomic E-state index is 14.9. The minimum Gasteiger partial charge on any atom is -0.347 e. The maximum absolute atomic E-state index is 14.9. The molecular formula is C63H76Cl2N10O8. The van der Waals surface area contributed by atoms with Crippen molar-refractivity contribution in [2.45, 2.75) is 145 Å². The topological polar surface area (TPSA) is 239 Å². The minimum absolute atomic E-state index is 0. The molecule has 0 saturated carbocycles. The van der Waals surface area contributed by atoms with Crippen LogP contribution in [0, 0.1) is 23.7 Å². The SMILES string of the molecule is CC[C@H](NC)C(=O)N[C@@H](CC#CC#CC[C@H](NC(=O)[C@H](C)NC)C(=O)N1C[C@@H](NC(=O)c2ccccc2)C[C@H]1C(=O)NC1CCCc2ccccc21)C(=O)N1C[C@@H](NC(=O)c2ccccc2)C[C@H]1C(=O)N[C@@H]1CCCc2ccccc21.Cl.Cl. The molecule has 4 aromatic rings. The number of amides is 8. The second-order valence-corrected chi connectivity index (χ2v) is 21.3. The van der Waals surface area contributed by atoms with Crippen LogP contribution in [0.1, 0.15) is 127 Å². The lowest BCUT2D eigenvalue weighted by Gasteiger charge is -2.31. The molecule has 8 N–H and O–H groups in total. The minimum atomic E-state index is -1.24. The molecule has 1 unspecified atom stereocenters. The van der Waals surface area contributed by atoms with Crippen molar-refractivity contribution in [3.63, 3.8) is 0 Å². The fourth-order valence-electron chi connectivity index (χ4n) is 11.3. The summed E-state index contributed by atoms with van der Waals surface area (Å²) in [6, 6.07) is 25.7. The third kappa shape index (κ3) is 16.5. The first-order chi connectivity index (χ1) is 39.3. The van der Waals surface area contributed by atoms with Gasteiger partial charge in [0.25, 0.3) is 11.8 Å². The number of carbonyl (C=O) groups excluding carboxylic acids is 8. The molecule has 18 nitrogen and oxygen atoms in total. The average molecular weight is 1170 g/mol. The molecule has 4 aromatic carbocycles. The van der Waals surface area contributed by atoms with Gasteiger partial charge in [-0.05, 0) is 137 Å². The number of likely N-dealkylation sites (tertiary alicyclic amines) is 2. The fourth-order valence-corrected chi connectivity index (χ4v) is 11.3. The van der Waals surface area contributed by atoms with Gasteiger partial charge in [-0.25, -0.2) is 0 Å². The summed E-state index contributed by atoms with van der Waals surface area (Å²) in [6.07, 6.45) is 5.18. The lowest BCUT2D eigenvalue weighted by molar-refractivity contribution is -0.141. The first kappa shape index (κ1) is 64.4. The van der Waals surface area contributed by atoms with Crippen LogP contribution in [0.4, 0.5) is 0 Å². The molecule has 0 radical (unpaired) electrons. The molecule has 20 heteroatoms. The molecule has 2 saturated heterocycles. The summed E-state index contributed by atoms with van der Waals surface area (Å²) in [4.78, 5) is 116. The number of nitrogens with zero attached hydrogens (tertiary/aromatic N) is 2. The lowest BCUT2D eigenvalue weighted by Crippen LogP contribution is -2.56. The van der Waals surface area contributed by atoms with Crippen molar-refractivity contribution in [2.24, 2.45) is 0 Å². The average Bonchev–Trinajstić information content (AvgIpc) is 4.08. The Morgan fingerprint density at radius 1 is 0.530 bits per heavy atom. The number of hydrogen-bond acceptors (Lipinski definition) is 10. The molecule has 8 rings (SSSR count). The van der Waals surface area contributed by atoms with Crippen LogP contribution in [0.15, 0.2) is 109 Å². The van der Waals surface area contributed by atoms with Gasteiger partial charge < -0.3 is 52.3 Å². The molecule has 0 spiro atoms. The van der Waals surface area contributed by atoms with Crippen molar-refractivity contribution in [3.05, 3.63) is 143 Å². The summed E-state index contributed by atoms with van der Waals surface area (Å²) in [5.74, 6) is 7.82. The van der Waals surface area contributed by atoms with E-state index in [1.54, 1.807) is 81.7 Å². The monoisotopic (exact) mass is 1170 g/mol. The van der Waals surface area contributed by atoms with E-state index in [0.717, 1.165) is 47.9 Å². The van der Waals surface area contributed by atoms with E-state index >= 15 is 0 Å². The Hall–Kier alpha value is -7.74. The van der Waals surface area contributed by atoms with Crippen molar-refractivity contribution < 1.29 is 38.4 Å². The normalized spacial score (nSPS) is 20.8. The van der Waals surface area contributed by atoms with Gasteiger partial charge in [0.15, 0.2) is 0 Å². The van der Waals surface area contributed by atoms with Crippen LogP contribution in [0.25, 0.3) is 0 Å². The van der Waals surface area contributed by atoms with Gasteiger partial charge in [0.1, 0.15) is 24.2 Å². The second kappa shape index (κ2) is 31.1. The molecule has 440 valence electrons. The predicted octanol–water partition coefficient (Wildman–Crippen LogP) is 4.38. The quantitative estimate of drug-likeness (QED) is 0.0617. The van der Waals surface area contributed by atoms with Crippen LogP contribution in [-0.2, 0) is 41.6 Å². The van der Waals surface area contributed by atoms with Crippen LogP contribution >= 0.6 is 24.8 Å². The fraction of sp³-hybridized carbons (Fsp3) is 0.429. The summed E-state index contributed by atoms with van der Waals surface area (Å²) in [5.41, 5.74) is 5.19. The van der Waals surface area contributed by atoms with Gasteiger partial charge in [-0.3, -0.25) is 38.4 Å². The summed E-state index contributed by atoms with van der Waals surface area (Å²) in [5, 5.41) is 24.0. The van der Waals surface area contributed by atoms with E-state index in [9.17, 15) is 38.4 Å². The van der Waals surface area contributed by atoms with Gasteiger partial charge >= 0.3 is 0 Å². The van der Waals surface area contributed by atoms with Crippen molar-refractivity contribution in [2.75, 3.05) is 27.2 Å². The molecule has 4 aliphatic rings. The smallest absolute Gasteiger partial charge is 0.251 e. The molecule has 83 heavy (non-hydrogen) atoms. The third-order valence-corrected chi connectivity index (χ3v) is 15.9. The van der Waals surface area contributed by atoms with Gasteiger partial charge in [0, 0.05) is 49.1 Å². The van der Waals surface area contributed by atoms with Crippen LogP contribution in [0.3, 0.4) is 0 Å². The van der Waals surface area contributed by atoms with Crippen molar-refractivity contribution in [1.29, 1.82) is 0 Å². The zero-order valence-electron chi connectivity index (χ0n) is 47.3. The van der Waals surface area contributed by atoms with E-state index in [1.165, 1.54) is 9.80 Å². The van der Waals surface area contributed by atoms with E-state index < -0.39 is 72.0 Å². The molecule has 8 amide bonds. The number of nitrogens with one attached hydrogen (secondary N) is 8. The summed E-state index contributed by atoms with van der Waals surface area (Å²) in [7, 11) is 3.25.